The lowest BCUT2D eigenvalue weighted by atomic mass is 9.93. The zero-order valence-corrected chi connectivity index (χ0v) is 14.2. The van der Waals surface area contributed by atoms with Gasteiger partial charge in [0, 0.05) is 29.5 Å². The monoisotopic (exact) mass is 340 g/mol. The van der Waals surface area contributed by atoms with Crippen molar-refractivity contribution >= 4 is 26.5 Å². The summed E-state index contributed by atoms with van der Waals surface area (Å²) in [6.45, 7) is 1.03. The highest BCUT2D eigenvalue weighted by atomic mass is 32.2. The highest BCUT2D eigenvalue weighted by Crippen LogP contribution is 2.33. The fourth-order valence-electron chi connectivity index (χ4n) is 3.61. The Morgan fingerprint density at radius 1 is 1.00 bits per heavy atom. The van der Waals surface area contributed by atoms with E-state index >= 15 is 0 Å². The van der Waals surface area contributed by atoms with Gasteiger partial charge in [-0.2, -0.15) is 4.31 Å². The first-order valence-electron chi connectivity index (χ1n) is 8.22. The Labute approximate surface area is 142 Å². The number of sulfonamides is 1. The topological polar surface area (TPSA) is 63.4 Å². The predicted molar refractivity (Wildman–Crippen MR) is 97.1 cm³/mol. The molecule has 0 fully saturated rings. The lowest BCUT2D eigenvalue weighted by molar-refractivity contribution is 0.417. The Morgan fingerprint density at radius 2 is 1.79 bits per heavy atom. The van der Waals surface area contributed by atoms with E-state index in [1.165, 1.54) is 11.1 Å². The van der Waals surface area contributed by atoms with E-state index in [1.807, 2.05) is 12.1 Å². The molecule has 4 rings (SSSR count). The van der Waals surface area contributed by atoms with Crippen LogP contribution in [-0.2, 0) is 10.0 Å². The molecule has 4 nitrogen and oxygen atoms in total. The SMILES string of the molecule is Nc1cccc2c(S(=O)(=O)N3CCC4=C(CCC=C4)C3)cccc12. The molecule has 0 radical (unpaired) electrons. The molecular weight excluding hydrogens is 320 g/mol. The van der Waals surface area contributed by atoms with Crippen molar-refractivity contribution in [1.82, 2.24) is 4.31 Å². The number of anilines is 1. The van der Waals surface area contributed by atoms with Crippen LogP contribution in [-0.4, -0.2) is 25.8 Å². The van der Waals surface area contributed by atoms with Gasteiger partial charge >= 0.3 is 0 Å². The van der Waals surface area contributed by atoms with E-state index in [-0.39, 0.29) is 0 Å². The Kier molecular flexibility index (Phi) is 3.70. The third kappa shape index (κ3) is 2.44. The zero-order chi connectivity index (χ0) is 16.7. The second kappa shape index (κ2) is 5.76. The van der Waals surface area contributed by atoms with Gasteiger partial charge in [0.2, 0.25) is 10.0 Å². The molecule has 0 saturated carbocycles. The molecule has 0 saturated heterocycles. The summed E-state index contributed by atoms with van der Waals surface area (Å²) in [6.07, 6.45) is 7.08. The minimum absolute atomic E-state index is 0.350. The Bertz CT molecular complexity index is 974. The van der Waals surface area contributed by atoms with Crippen molar-refractivity contribution in [2.75, 3.05) is 18.8 Å². The van der Waals surface area contributed by atoms with E-state index < -0.39 is 10.0 Å². The normalized spacial score (nSPS) is 18.8. The molecule has 0 spiro atoms. The molecule has 0 atom stereocenters. The van der Waals surface area contributed by atoms with Crippen LogP contribution < -0.4 is 5.73 Å². The van der Waals surface area contributed by atoms with Gasteiger partial charge in [-0.25, -0.2) is 8.42 Å². The smallest absolute Gasteiger partial charge is 0.243 e. The number of nitrogen functional groups attached to an aromatic ring is 1. The fraction of sp³-hybridized carbons (Fsp3) is 0.263. The quantitative estimate of drug-likeness (QED) is 0.852. The Balaban J connectivity index is 1.78. The minimum Gasteiger partial charge on any atom is -0.398 e. The minimum atomic E-state index is -3.54. The summed E-state index contributed by atoms with van der Waals surface area (Å²) in [4.78, 5) is 0.350. The molecule has 1 aliphatic heterocycles. The molecule has 0 unspecified atom stereocenters. The highest BCUT2D eigenvalue weighted by molar-refractivity contribution is 7.89. The van der Waals surface area contributed by atoms with E-state index in [0.29, 0.717) is 29.1 Å². The van der Waals surface area contributed by atoms with Crippen LogP contribution in [0, 0.1) is 0 Å². The number of nitrogens with two attached hydrogens (primary N) is 1. The summed E-state index contributed by atoms with van der Waals surface area (Å²) in [7, 11) is -3.54. The molecule has 0 aromatic heterocycles. The maximum absolute atomic E-state index is 13.2. The molecule has 24 heavy (non-hydrogen) atoms. The standard InChI is InChI=1S/C19H20N2O2S/c20-18-9-3-8-17-16(18)7-4-10-19(17)24(22,23)21-12-11-14-5-1-2-6-15(14)13-21/h1,3-5,7-10H,2,6,11-13,20H2. The van der Waals surface area contributed by atoms with Crippen LogP contribution in [0.4, 0.5) is 5.69 Å². The Hall–Kier alpha value is -2.11. The van der Waals surface area contributed by atoms with Crippen molar-refractivity contribution < 1.29 is 8.42 Å². The van der Waals surface area contributed by atoms with Gasteiger partial charge in [-0.15, -0.1) is 0 Å². The molecular formula is C19H20N2O2S. The zero-order valence-electron chi connectivity index (χ0n) is 13.4. The first kappa shape index (κ1) is 15.4. The first-order chi connectivity index (χ1) is 11.6. The molecule has 0 amide bonds. The maximum Gasteiger partial charge on any atom is 0.243 e. The van der Waals surface area contributed by atoms with Crippen LogP contribution in [0.3, 0.4) is 0 Å². The third-order valence-corrected chi connectivity index (χ3v) is 6.82. The van der Waals surface area contributed by atoms with Crippen LogP contribution in [0.1, 0.15) is 19.3 Å². The van der Waals surface area contributed by atoms with Crippen LogP contribution in [0.5, 0.6) is 0 Å². The average Bonchev–Trinajstić information content (AvgIpc) is 2.61. The number of nitrogens with zero attached hydrogens (tertiary/aromatic N) is 1. The van der Waals surface area contributed by atoms with Gasteiger partial charge in [-0.1, -0.05) is 42.0 Å². The van der Waals surface area contributed by atoms with E-state index in [2.05, 4.69) is 12.2 Å². The lowest BCUT2D eigenvalue weighted by Gasteiger charge is -2.31. The molecule has 1 aliphatic carbocycles. The molecule has 124 valence electrons. The molecule has 2 aromatic rings. The largest absolute Gasteiger partial charge is 0.398 e. The molecule has 5 heteroatoms. The Morgan fingerprint density at radius 3 is 2.67 bits per heavy atom. The predicted octanol–water partition coefficient (Wildman–Crippen LogP) is 3.46. The van der Waals surface area contributed by atoms with Gasteiger partial charge < -0.3 is 5.73 Å². The molecule has 2 N–H and O–H groups in total. The number of hydrogen-bond acceptors (Lipinski definition) is 3. The van der Waals surface area contributed by atoms with Crippen molar-refractivity contribution in [3.8, 4) is 0 Å². The van der Waals surface area contributed by atoms with Crippen molar-refractivity contribution in [2.24, 2.45) is 0 Å². The van der Waals surface area contributed by atoms with Gasteiger partial charge in [0.15, 0.2) is 0 Å². The van der Waals surface area contributed by atoms with Gasteiger partial charge in [-0.05, 0) is 37.0 Å². The molecule has 0 bridgehead atoms. The second-order valence-corrected chi connectivity index (χ2v) is 8.26. The van der Waals surface area contributed by atoms with Crippen LogP contribution >= 0.6 is 0 Å². The summed E-state index contributed by atoms with van der Waals surface area (Å²) in [5, 5.41) is 1.48. The van der Waals surface area contributed by atoms with Crippen molar-refractivity contribution in [1.29, 1.82) is 0 Å². The van der Waals surface area contributed by atoms with Gasteiger partial charge in [0.05, 0.1) is 4.90 Å². The van der Waals surface area contributed by atoms with E-state index in [0.717, 1.165) is 24.6 Å². The van der Waals surface area contributed by atoms with E-state index in [1.54, 1.807) is 28.6 Å². The maximum atomic E-state index is 13.2. The van der Waals surface area contributed by atoms with E-state index in [9.17, 15) is 8.42 Å². The highest BCUT2D eigenvalue weighted by Gasteiger charge is 2.30. The summed E-state index contributed by atoms with van der Waals surface area (Å²) >= 11 is 0. The van der Waals surface area contributed by atoms with Crippen LogP contribution in [0.15, 0.2) is 64.6 Å². The third-order valence-electron chi connectivity index (χ3n) is 4.92. The summed E-state index contributed by atoms with van der Waals surface area (Å²) in [6, 6.07) is 10.7. The average molecular weight is 340 g/mol. The number of allylic oxidation sites excluding steroid dienone is 2. The first-order valence-corrected chi connectivity index (χ1v) is 9.66. The number of fused-ring (bicyclic) bond motifs is 1. The molecule has 1 heterocycles. The van der Waals surface area contributed by atoms with Crippen molar-refractivity contribution in [2.45, 2.75) is 24.2 Å². The van der Waals surface area contributed by atoms with Crippen LogP contribution in [0.2, 0.25) is 0 Å². The van der Waals surface area contributed by atoms with Gasteiger partial charge in [-0.3, -0.25) is 0 Å². The lowest BCUT2D eigenvalue weighted by Crippen LogP contribution is -2.37. The number of hydrogen-bond donors (Lipinski definition) is 1. The van der Waals surface area contributed by atoms with Gasteiger partial charge in [0.25, 0.3) is 0 Å². The number of rotatable bonds is 2. The molecule has 2 aromatic carbocycles. The van der Waals surface area contributed by atoms with E-state index in [4.69, 9.17) is 5.73 Å². The van der Waals surface area contributed by atoms with Gasteiger partial charge in [0.1, 0.15) is 0 Å². The second-order valence-electron chi connectivity index (χ2n) is 6.36. The summed E-state index contributed by atoms with van der Waals surface area (Å²) < 4.78 is 28.1. The van der Waals surface area contributed by atoms with Crippen molar-refractivity contribution in [3.63, 3.8) is 0 Å². The van der Waals surface area contributed by atoms with Crippen LogP contribution in [0.25, 0.3) is 10.8 Å². The molecule has 2 aliphatic rings. The number of benzene rings is 2. The summed E-state index contributed by atoms with van der Waals surface area (Å²) in [5.74, 6) is 0. The van der Waals surface area contributed by atoms with Crippen molar-refractivity contribution in [3.05, 3.63) is 59.7 Å². The fourth-order valence-corrected chi connectivity index (χ4v) is 5.26. The summed E-state index contributed by atoms with van der Waals surface area (Å²) in [5.41, 5.74) is 9.18.